The van der Waals surface area contributed by atoms with Crippen LogP contribution in [0.15, 0.2) is 36.4 Å². The molecule has 0 N–H and O–H groups in total. The summed E-state index contributed by atoms with van der Waals surface area (Å²) in [5.74, 6) is -0.171. The minimum absolute atomic E-state index is 0.152. The second-order valence-corrected chi connectivity index (χ2v) is 4.79. The van der Waals surface area contributed by atoms with Crippen molar-refractivity contribution in [3.05, 3.63) is 58.4 Å². The van der Waals surface area contributed by atoms with Crippen molar-refractivity contribution < 1.29 is 9.18 Å². The second kappa shape index (κ2) is 4.21. The van der Waals surface area contributed by atoms with Gasteiger partial charge in [0.1, 0.15) is 5.82 Å². The molecule has 0 unspecified atom stereocenters. The Labute approximate surface area is 109 Å². The van der Waals surface area contributed by atoms with Gasteiger partial charge in [-0.3, -0.25) is 4.79 Å². The molecule has 3 rings (SSSR count). The number of rotatable bonds is 1. The Bertz CT molecular complexity index is 649. The predicted octanol–water partition coefficient (Wildman–Crippen LogP) is 4.28. The van der Waals surface area contributed by atoms with Crippen molar-refractivity contribution in [3.63, 3.8) is 0 Å². The van der Waals surface area contributed by atoms with E-state index in [0.717, 1.165) is 16.7 Å². The first kappa shape index (κ1) is 11.4. The number of ketones is 1. The van der Waals surface area contributed by atoms with Gasteiger partial charge in [0.25, 0.3) is 0 Å². The highest BCUT2D eigenvalue weighted by Crippen LogP contribution is 2.36. The Morgan fingerprint density at radius 1 is 1.00 bits per heavy atom. The zero-order valence-electron chi connectivity index (χ0n) is 9.54. The van der Waals surface area contributed by atoms with E-state index < -0.39 is 0 Å². The molecule has 0 bridgehead atoms. The summed E-state index contributed by atoms with van der Waals surface area (Å²) in [6.07, 6.45) is 1.23. The van der Waals surface area contributed by atoms with E-state index >= 15 is 0 Å². The highest BCUT2D eigenvalue weighted by Gasteiger charge is 2.23. The maximum absolute atomic E-state index is 13.3. The van der Waals surface area contributed by atoms with Crippen LogP contribution >= 0.6 is 11.6 Å². The summed E-state index contributed by atoms with van der Waals surface area (Å²) in [7, 11) is 0. The third-order valence-corrected chi connectivity index (χ3v) is 3.63. The molecule has 1 aliphatic carbocycles. The van der Waals surface area contributed by atoms with Gasteiger partial charge < -0.3 is 0 Å². The molecule has 90 valence electrons. The summed E-state index contributed by atoms with van der Waals surface area (Å²) < 4.78 is 13.3. The van der Waals surface area contributed by atoms with Crippen molar-refractivity contribution in [2.45, 2.75) is 12.8 Å². The van der Waals surface area contributed by atoms with Crippen LogP contribution in [0.4, 0.5) is 4.39 Å². The Morgan fingerprint density at radius 3 is 2.61 bits per heavy atom. The van der Waals surface area contributed by atoms with Gasteiger partial charge in [0.05, 0.1) is 0 Å². The monoisotopic (exact) mass is 260 g/mol. The molecule has 0 fully saturated rings. The Hall–Kier alpha value is -1.67. The largest absolute Gasteiger partial charge is 0.294 e. The van der Waals surface area contributed by atoms with E-state index in [9.17, 15) is 9.18 Å². The smallest absolute Gasteiger partial charge is 0.163 e. The highest BCUT2D eigenvalue weighted by atomic mass is 35.5. The number of hydrogen-bond donors (Lipinski definition) is 0. The minimum Gasteiger partial charge on any atom is -0.294 e. The molecule has 0 aliphatic heterocycles. The topological polar surface area (TPSA) is 17.1 Å². The summed E-state index contributed by atoms with van der Waals surface area (Å²) in [6, 6.07) is 9.82. The van der Waals surface area contributed by atoms with E-state index in [4.69, 9.17) is 11.6 Å². The first-order valence-corrected chi connectivity index (χ1v) is 6.15. The molecule has 3 heteroatoms. The van der Waals surface area contributed by atoms with Gasteiger partial charge in [-0.1, -0.05) is 29.8 Å². The van der Waals surface area contributed by atoms with Crippen molar-refractivity contribution in [2.75, 3.05) is 0 Å². The molecular weight excluding hydrogens is 251 g/mol. The summed E-state index contributed by atoms with van der Waals surface area (Å²) in [5, 5.41) is 0.504. The molecule has 2 aromatic carbocycles. The van der Waals surface area contributed by atoms with Crippen LogP contribution in [0.5, 0.6) is 0 Å². The number of Topliss-reactive ketones (excluding diaryl/α,β-unsaturated/α-hetero) is 1. The number of benzene rings is 2. The number of fused-ring (bicyclic) bond motifs is 1. The first-order valence-electron chi connectivity index (χ1n) is 5.77. The lowest BCUT2D eigenvalue weighted by molar-refractivity contribution is 0.0994. The molecule has 0 saturated carbocycles. The molecule has 0 radical (unpaired) electrons. The van der Waals surface area contributed by atoms with Gasteiger partial charge in [0.2, 0.25) is 0 Å². The Morgan fingerprint density at radius 2 is 1.78 bits per heavy atom. The van der Waals surface area contributed by atoms with Crippen LogP contribution in [0.25, 0.3) is 11.1 Å². The van der Waals surface area contributed by atoms with Crippen molar-refractivity contribution in [1.29, 1.82) is 0 Å². The van der Waals surface area contributed by atoms with E-state index in [0.29, 0.717) is 23.4 Å². The molecule has 1 aliphatic rings. The third kappa shape index (κ3) is 1.73. The number of carbonyl (C=O) groups is 1. The Balaban J connectivity index is 2.25. The van der Waals surface area contributed by atoms with Gasteiger partial charge >= 0.3 is 0 Å². The first-order chi connectivity index (χ1) is 8.66. The van der Waals surface area contributed by atoms with E-state index in [1.807, 2.05) is 18.2 Å². The van der Waals surface area contributed by atoms with Crippen LogP contribution in [0, 0.1) is 5.82 Å². The molecule has 1 nitrogen and oxygen atoms in total. The normalized spacial score (nSPS) is 13.8. The molecule has 0 saturated heterocycles. The zero-order chi connectivity index (χ0) is 12.7. The number of hydrogen-bond acceptors (Lipinski definition) is 1. The molecule has 2 aromatic rings. The second-order valence-electron chi connectivity index (χ2n) is 4.38. The molecule has 0 aromatic heterocycles. The summed E-state index contributed by atoms with van der Waals surface area (Å²) >= 11 is 6.12. The van der Waals surface area contributed by atoms with Gasteiger partial charge in [-0.05, 0) is 35.7 Å². The third-order valence-electron chi connectivity index (χ3n) is 3.30. The highest BCUT2D eigenvalue weighted by molar-refractivity contribution is 6.33. The fourth-order valence-electron chi connectivity index (χ4n) is 2.45. The van der Waals surface area contributed by atoms with Gasteiger partial charge in [-0.25, -0.2) is 4.39 Å². The molecule has 0 heterocycles. The molecule has 18 heavy (non-hydrogen) atoms. The SMILES string of the molecule is O=C1CCc2c1cccc2-c1cc(F)ccc1Cl. The van der Waals surface area contributed by atoms with Crippen LogP contribution in [-0.2, 0) is 6.42 Å². The zero-order valence-corrected chi connectivity index (χ0v) is 10.3. The lowest BCUT2D eigenvalue weighted by Gasteiger charge is -2.09. The standard InChI is InChI=1S/C15H10ClFO/c16-14-6-4-9(17)8-13(14)10-2-1-3-12-11(10)5-7-15(12)18/h1-4,6,8H,5,7H2. The van der Waals surface area contributed by atoms with Crippen LogP contribution in [0.2, 0.25) is 5.02 Å². The van der Waals surface area contributed by atoms with Crippen molar-refractivity contribution in [1.82, 2.24) is 0 Å². The van der Waals surface area contributed by atoms with Gasteiger partial charge in [-0.2, -0.15) is 0 Å². The lowest BCUT2D eigenvalue weighted by atomic mass is 9.97. The average molecular weight is 261 g/mol. The van der Waals surface area contributed by atoms with E-state index in [1.54, 1.807) is 6.07 Å². The van der Waals surface area contributed by atoms with Crippen LogP contribution in [0.3, 0.4) is 0 Å². The number of halogens is 2. The molecule has 0 amide bonds. The summed E-state index contributed by atoms with van der Waals surface area (Å²) in [6.45, 7) is 0. The maximum atomic E-state index is 13.3. The minimum atomic E-state index is -0.323. The Kier molecular flexibility index (Phi) is 2.67. The molecule has 0 spiro atoms. The molecule has 0 atom stereocenters. The van der Waals surface area contributed by atoms with Crippen molar-refractivity contribution >= 4 is 17.4 Å². The molecular formula is C15H10ClFO. The number of carbonyl (C=O) groups excluding carboxylic acids is 1. The van der Waals surface area contributed by atoms with Gasteiger partial charge in [0, 0.05) is 22.6 Å². The fraction of sp³-hybridized carbons (Fsp3) is 0.133. The van der Waals surface area contributed by atoms with Crippen LogP contribution in [0.1, 0.15) is 22.3 Å². The van der Waals surface area contributed by atoms with Crippen LogP contribution in [-0.4, -0.2) is 5.78 Å². The fourth-order valence-corrected chi connectivity index (χ4v) is 2.67. The maximum Gasteiger partial charge on any atom is 0.163 e. The van der Waals surface area contributed by atoms with E-state index in [-0.39, 0.29) is 11.6 Å². The van der Waals surface area contributed by atoms with Crippen molar-refractivity contribution in [2.24, 2.45) is 0 Å². The van der Waals surface area contributed by atoms with E-state index in [2.05, 4.69) is 0 Å². The lowest BCUT2D eigenvalue weighted by Crippen LogP contribution is -1.93. The van der Waals surface area contributed by atoms with Crippen LogP contribution < -0.4 is 0 Å². The summed E-state index contributed by atoms with van der Waals surface area (Å²) in [4.78, 5) is 11.7. The van der Waals surface area contributed by atoms with Gasteiger partial charge in [-0.15, -0.1) is 0 Å². The predicted molar refractivity (Wildman–Crippen MR) is 69.5 cm³/mol. The quantitative estimate of drug-likeness (QED) is 0.748. The van der Waals surface area contributed by atoms with Crippen molar-refractivity contribution in [3.8, 4) is 11.1 Å². The van der Waals surface area contributed by atoms with Gasteiger partial charge in [0.15, 0.2) is 5.78 Å². The van der Waals surface area contributed by atoms with E-state index in [1.165, 1.54) is 12.1 Å². The summed E-state index contributed by atoms with van der Waals surface area (Å²) in [5.41, 5.74) is 3.24. The average Bonchev–Trinajstić information content (AvgIpc) is 2.75.